The molecular formula is C32H41N3O7S. The van der Waals surface area contributed by atoms with Crippen LogP contribution in [0.2, 0.25) is 0 Å². The van der Waals surface area contributed by atoms with Gasteiger partial charge < -0.3 is 24.4 Å². The molecule has 2 amide bonds. The van der Waals surface area contributed by atoms with Gasteiger partial charge in [-0.3, -0.25) is 13.9 Å². The van der Waals surface area contributed by atoms with Crippen LogP contribution in [0.25, 0.3) is 0 Å². The van der Waals surface area contributed by atoms with Crippen LogP contribution in [0.5, 0.6) is 17.2 Å². The maximum Gasteiger partial charge on any atom is 0.264 e. The summed E-state index contributed by atoms with van der Waals surface area (Å²) in [5, 5.41) is 2.88. The van der Waals surface area contributed by atoms with Crippen molar-refractivity contribution in [1.29, 1.82) is 0 Å². The Morgan fingerprint density at radius 1 is 0.837 bits per heavy atom. The summed E-state index contributed by atoms with van der Waals surface area (Å²) in [7, 11) is 0.164. The van der Waals surface area contributed by atoms with E-state index < -0.39 is 28.5 Å². The van der Waals surface area contributed by atoms with Crippen LogP contribution in [0.4, 0.5) is 5.69 Å². The fourth-order valence-corrected chi connectivity index (χ4v) is 5.72. The van der Waals surface area contributed by atoms with Gasteiger partial charge >= 0.3 is 0 Å². The van der Waals surface area contributed by atoms with Gasteiger partial charge in [-0.15, -0.1) is 0 Å². The highest BCUT2D eigenvalue weighted by Gasteiger charge is 2.34. The Bertz CT molecular complexity index is 1490. The van der Waals surface area contributed by atoms with E-state index in [9.17, 15) is 18.0 Å². The number of hydrogen-bond acceptors (Lipinski definition) is 7. The van der Waals surface area contributed by atoms with E-state index in [-0.39, 0.29) is 34.7 Å². The monoisotopic (exact) mass is 611 g/mol. The lowest BCUT2D eigenvalue weighted by Crippen LogP contribution is -2.51. The van der Waals surface area contributed by atoms with Crippen LogP contribution in [0.15, 0.2) is 71.6 Å². The SMILES string of the molecule is COc1ccc(CN(C(=O)CN(c2cc(OC)ccc2OC)S(=O)(=O)c2ccc(C)cc2)[C@H](C)C(=O)NCC(C)C)cc1. The molecular weight excluding hydrogens is 570 g/mol. The number of carbonyl (C=O) groups excluding carboxylic acids is 2. The minimum absolute atomic E-state index is 0.000187. The van der Waals surface area contributed by atoms with Crippen molar-refractivity contribution in [3.63, 3.8) is 0 Å². The molecule has 0 aliphatic heterocycles. The predicted octanol–water partition coefficient (Wildman–Crippen LogP) is 4.41. The maximum absolute atomic E-state index is 14.2. The number of anilines is 1. The van der Waals surface area contributed by atoms with Crippen LogP contribution in [-0.2, 0) is 26.2 Å². The minimum atomic E-state index is -4.27. The number of sulfonamides is 1. The number of methoxy groups -OCH3 is 3. The Morgan fingerprint density at radius 2 is 1.44 bits per heavy atom. The molecule has 0 heterocycles. The summed E-state index contributed by atoms with van der Waals surface area (Å²) < 4.78 is 45.4. The molecule has 1 N–H and O–H groups in total. The zero-order chi connectivity index (χ0) is 31.7. The zero-order valence-electron chi connectivity index (χ0n) is 25.8. The molecule has 43 heavy (non-hydrogen) atoms. The van der Waals surface area contributed by atoms with Gasteiger partial charge in [0.1, 0.15) is 29.8 Å². The van der Waals surface area contributed by atoms with Crippen molar-refractivity contribution >= 4 is 27.5 Å². The van der Waals surface area contributed by atoms with Gasteiger partial charge in [0.15, 0.2) is 0 Å². The summed E-state index contributed by atoms with van der Waals surface area (Å²) in [6, 6.07) is 17.3. The average molecular weight is 612 g/mol. The van der Waals surface area contributed by atoms with E-state index in [2.05, 4.69) is 5.32 Å². The lowest BCUT2D eigenvalue weighted by Gasteiger charge is -2.32. The summed E-state index contributed by atoms with van der Waals surface area (Å²) in [6.07, 6.45) is 0. The second-order valence-corrected chi connectivity index (χ2v) is 12.4. The molecule has 0 radical (unpaired) electrons. The molecule has 0 saturated carbocycles. The maximum atomic E-state index is 14.2. The molecule has 0 aliphatic carbocycles. The number of amides is 2. The van der Waals surface area contributed by atoms with Crippen LogP contribution < -0.4 is 23.8 Å². The summed E-state index contributed by atoms with van der Waals surface area (Å²) in [4.78, 5) is 28.7. The summed E-state index contributed by atoms with van der Waals surface area (Å²) in [6.45, 7) is 7.32. The van der Waals surface area contributed by atoms with E-state index in [1.165, 1.54) is 37.3 Å². The first-order valence-corrected chi connectivity index (χ1v) is 15.4. The van der Waals surface area contributed by atoms with E-state index in [1.54, 1.807) is 62.6 Å². The van der Waals surface area contributed by atoms with Crippen LogP contribution in [-0.4, -0.2) is 65.6 Å². The van der Waals surface area contributed by atoms with E-state index in [4.69, 9.17) is 14.2 Å². The third-order valence-electron chi connectivity index (χ3n) is 6.91. The number of ether oxygens (including phenoxy) is 3. The van der Waals surface area contributed by atoms with E-state index in [0.717, 1.165) is 15.4 Å². The van der Waals surface area contributed by atoms with Gasteiger partial charge in [-0.1, -0.05) is 43.7 Å². The summed E-state index contributed by atoms with van der Waals surface area (Å²) in [5.41, 5.74) is 1.74. The van der Waals surface area contributed by atoms with Gasteiger partial charge in [0.2, 0.25) is 11.8 Å². The van der Waals surface area contributed by atoms with Gasteiger partial charge in [0, 0.05) is 19.2 Å². The van der Waals surface area contributed by atoms with Crippen molar-refractivity contribution in [3.8, 4) is 17.2 Å². The Hall–Kier alpha value is -4.25. The van der Waals surface area contributed by atoms with Crippen molar-refractivity contribution < 1.29 is 32.2 Å². The highest BCUT2D eigenvalue weighted by atomic mass is 32.2. The number of nitrogens with zero attached hydrogens (tertiary/aromatic N) is 2. The molecule has 0 bridgehead atoms. The molecule has 0 unspecified atom stereocenters. The normalized spacial score (nSPS) is 11.9. The molecule has 3 rings (SSSR count). The summed E-state index contributed by atoms with van der Waals surface area (Å²) >= 11 is 0. The van der Waals surface area contributed by atoms with Crippen molar-refractivity contribution in [3.05, 3.63) is 77.9 Å². The second-order valence-electron chi connectivity index (χ2n) is 10.5. The first-order chi connectivity index (χ1) is 20.4. The van der Waals surface area contributed by atoms with Gasteiger partial charge in [-0.25, -0.2) is 8.42 Å². The number of nitrogens with one attached hydrogen (secondary N) is 1. The molecule has 10 nitrogen and oxygen atoms in total. The standard InChI is InChI=1S/C32H41N3O7S/c1-22(2)19-33-32(37)24(4)34(20-25-10-12-26(40-5)13-11-25)31(36)21-35(29-18-27(41-6)14-17-30(29)42-7)43(38,39)28-15-8-23(3)9-16-28/h8-18,22,24H,19-21H2,1-7H3,(H,33,37)/t24-/m1/s1. The quantitative estimate of drug-likeness (QED) is 0.287. The molecule has 0 saturated heterocycles. The van der Waals surface area contributed by atoms with Crippen molar-refractivity contribution in [1.82, 2.24) is 10.2 Å². The number of hydrogen-bond donors (Lipinski definition) is 1. The third-order valence-corrected chi connectivity index (χ3v) is 8.68. The fraction of sp³-hybridized carbons (Fsp3) is 0.375. The minimum Gasteiger partial charge on any atom is -0.497 e. The molecule has 1 atom stereocenters. The van der Waals surface area contributed by atoms with E-state index >= 15 is 0 Å². The van der Waals surface area contributed by atoms with Gasteiger partial charge in [-0.05, 0) is 61.7 Å². The third kappa shape index (κ3) is 8.41. The van der Waals surface area contributed by atoms with Crippen LogP contribution in [0, 0.1) is 12.8 Å². The second kappa shape index (κ2) is 14.8. The molecule has 0 fully saturated rings. The van der Waals surface area contributed by atoms with Gasteiger partial charge in [0.25, 0.3) is 10.0 Å². The number of rotatable bonds is 14. The highest BCUT2D eigenvalue weighted by molar-refractivity contribution is 7.92. The number of carbonyl (C=O) groups is 2. The lowest BCUT2D eigenvalue weighted by atomic mass is 10.1. The molecule has 232 valence electrons. The van der Waals surface area contributed by atoms with Crippen LogP contribution >= 0.6 is 0 Å². The largest absolute Gasteiger partial charge is 0.497 e. The first kappa shape index (κ1) is 33.3. The lowest BCUT2D eigenvalue weighted by molar-refractivity contribution is -0.139. The van der Waals surface area contributed by atoms with Crippen LogP contribution in [0.1, 0.15) is 31.9 Å². The van der Waals surface area contributed by atoms with E-state index in [0.29, 0.717) is 18.0 Å². The topological polar surface area (TPSA) is 114 Å². The van der Waals surface area contributed by atoms with Crippen LogP contribution in [0.3, 0.4) is 0 Å². The predicted molar refractivity (Wildman–Crippen MR) is 166 cm³/mol. The zero-order valence-corrected chi connectivity index (χ0v) is 26.6. The smallest absolute Gasteiger partial charge is 0.264 e. The fourth-order valence-electron chi connectivity index (χ4n) is 4.31. The molecule has 3 aromatic rings. The van der Waals surface area contributed by atoms with Crippen molar-refractivity contribution in [2.75, 3.05) is 38.7 Å². The van der Waals surface area contributed by atoms with E-state index in [1.807, 2.05) is 20.8 Å². The summed E-state index contributed by atoms with van der Waals surface area (Å²) in [5.74, 6) is 0.533. The molecule has 0 spiro atoms. The van der Waals surface area contributed by atoms with Crippen molar-refractivity contribution in [2.24, 2.45) is 5.92 Å². The Labute approximate surface area is 254 Å². The molecule has 11 heteroatoms. The molecule has 0 aliphatic rings. The average Bonchev–Trinajstić information content (AvgIpc) is 3.00. The van der Waals surface area contributed by atoms with Gasteiger partial charge in [-0.2, -0.15) is 0 Å². The Kier molecular flexibility index (Phi) is 11.4. The van der Waals surface area contributed by atoms with Crippen molar-refractivity contribution in [2.45, 2.75) is 45.2 Å². The Morgan fingerprint density at radius 3 is 2.00 bits per heavy atom. The highest BCUT2D eigenvalue weighted by Crippen LogP contribution is 2.36. The molecule has 0 aromatic heterocycles. The Balaban J connectivity index is 2.10. The number of aryl methyl sites for hydroxylation is 1. The van der Waals surface area contributed by atoms with Gasteiger partial charge in [0.05, 0.1) is 31.9 Å². The number of benzene rings is 3. The first-order valence-electron chi connectivity index (χ1n) is 13.9. The molecule has 3 aromatic carbocycles.